The zero-order valence-electron chi connectivity index (χ0n) is 7.92. The predicted molar refractivity (Wildman–Crippen MR) is 57.2 cm³/mol. The second kappa shape index (κ2) is 4.51. The molecule has 13 heavy (non-hydrogen) atoms. The first-order chi connectivity index (χ1) is 6.29. The van der Waals surface area contributed by atoms with Crippen LogP contribution in [0.15, 0.2) is 37.4 Å². The molecular formula is C12H14O. The van der Waals surface area contributed by atoms with E-state index in [-0.39, 0.29) is 0 Å². The number of hydrogen-bond acceptors (Lipinski definition) is 1. The highest BCUT2D eigenvalue weighted by Crippen LogP contribution is 2.19. The van der Waals surface area contributed by atoms with Gasteiger partial charge in [-0.3, -0.25) is 0 Å². The van der Waals surface area contributed by atoms with Crippen LogP contribution in [-0.4, -0.2) is 6.61 Å². The van der Waals surface area contributed by atoms with Crippen LogP contribution in [0.4, 0.5) is 0 Å². The van der Waals surface area contributed by atoms with Crippen molar-refractivity contribution in [1.82, 2.24) is 0 Å². The summed E-state index contributed by atoms with van der Waals surface area (Å²) in [7, 11) is 0. The lowest BCUT2D eigenvalue weighted by molar-refractivity contribution is 0.299. The van der Waals surface area contributed by atoms with Crippen LogP contribution in [0.5, 0.6) is 0 Å². The second-order valence-electron chi connectivity index (χ2n) is 2.65. The Morgan fingerprint density at radius 1 is 1.46 bits per heavy atom. The van der Waals surface area contributed by atoms with Crippen molar-refractivity contribution >= 4 is 11.8 Å². The van der Waals surface area contributed by atoms with Crippen LogP contribution in [-0.2, 0) is 4.74 Å². The molecule has 0 aromatic heterocycles. The van der Waals surface area contributed by atoms with Gasteiger partial charge in [0.1, 0.15) is 5.76 Å². The summed E-state index contributed by atoms with van der Waals surface area (Å²) in [4.78, 5) is 0. The number of hydrogen-bond donors (Lipinski definition) is 0. The van der Waals surface area contributed by atoms with E-state index in [1.807, 2.05) is 31.2 Å². The van der Waals surface area contributed by atoms with Gasteiger partial charge in [0.15, 0.2) is 0 Å². The molecule has 1 aromatic carbocycles. The number of rotatable bonds is 4. The monoisotopic (exact) mass is 174 g/mol. The van der Waals surface area contributed by atoms with Crippen molar-refractivity contribution in [2.75, 3.05) is 6.61 Å². The molecular weight excluding hydrogens is 160 g/mol. The molecule has 1 nitrogen and oxygen atoms in total. The highest BCUT2D eigenvalue weighted by molar-refractivity contribution is 5.68. The van der Waals surface area contributed by atoms with Gasteiger partial charge in [0.2, 0.25) is 0 Å². The molecule has 0 radical (unpaired) electrons. The van der Waals surface area contributed by atoms with E-state index >= 15 is 0 Å². The minimum absolute atomic E-state index is 0.643. The first kappa shape index (κ1) is 9.59. The maximum atomic E-state index is 5.33. The fourth-order valence-corrected chi connectivity index (χ4v) is 1.18. The van der Waals surface area contributed by atoms with Crippen LogP contribution in [0, 0.1) is 0 Å². The Labute approximate surface area is 79.4 Å². The minimum atomic E-state index is 0.643. The lowest BCUT2D eigenvalue weighted by atomic mass is 10.1. The molecule has 1 rings (SSSR count). The van der Waals surface area contributed by atoms with Crippen LogP contribution in [0.1, 0.15) is 18.1 Å². The molecule has 0 atom stereocenters. The van der Waals surface area contributed by atoms with E-state index in [0.717, 1.165) is 11.1 Å². The summed E-state index contributed by atoms with van der Waals surface area (Å²) in [5.74, 6) is 0.706. The summed E-state index contributed by atoms with van der Waals surface area (Å²) in [6.45, 7) is 10.2. The van der Waals surface area contributed by atoms with E-state index in [2.05, 4.69) is 13.2 Å². The first-order valence-corrected chi connectivity index (χ1v) is 4.33. The highest BCUT2D eigenvalue weighted by Gasteiger charge is 2.02. The smallest absolute Gasteiger partial charge is 0.119 e. The van der Waals surface area contributed by atoms with Crippen molar-refractivity contribution in [3.05, 3.63) is 48.6 Å². The Kier molecular flexibility index (Phi) is 3.32. The van der Waals surface area contributed by atoms with Gasteiger partial charge in [-0.1, -0.05) is 43.5 Å². The zero-order valence-corrected chi connectivity index (χ0v) is 7.92. The van der Waals surface area contributed by atoms with Crippen LogP contribution in [0.2, 0.25) is 0 Å². The molecule has 0 heterocycles. The molecule has 0 aliphatic carbocycles. The molecule has 0 saturated carbocycles. The van der Waals surface area contributed by atoms with Gasteiger partial charge in [0.05, 0.1) is 6.61 Å². The normalized spacial score (nSPS) is 9.31. The third-order valence-corrected chi connectivity index (χ3v) is 1.80. The van der Waals surface area contributed by atoms with Crippen LogP contribution < -0.4 is 0 Å². The maximum absolute atomic E-state index is 5.33. The third kappa shape index (κ3) is 2.22. The number of benzene rings is 1. The summed E-state index contributed by atoms with van der Waals surface area (Å²) in [5.41, 5.74) is 2.07. The van der Waals surface area contributed by atoms with E-state index in [4.69, 9.17) is 4.74 Å². The molecule has 0 aliphatic rings. The molecule has 0 N–H and O–H groups in total. The second-order valence-corrected chi connectivity index (χ2v) is 2.65. The van der Waals surface area contributed by atoms with Gasteiger partial charge in [0, 0.05) is 5.56 Å². The Morgan fingerprint density at radius 3 is 2.77 bits per heavy atom. The zero-order chi connectivity index (χ0) is 9.68. The summed E-state index contributed by atoms with van der Waals surface area (Å²) in [6.07, 6.45) is 1.81. The van der Waals surface area contributed by atoms with E-state index in [0.29, 0.717) is 12.4 Å². The quantitative estimate of drug-likeness (QED) is 0.636. The molecule has 0 saturated heterocycles. The fraction of sp³-hybridized carbons (Fsp3) is 0.167. The van der Waals surface area contributed by atoms with Crippen LogP contribution in [0.25, 0.3) is 11.8 Å². The van der Waals surface area contributed by atoms with Gasteiger partial charge < -0.3 is 4.74 Å². The Hall–Kier alpha value is -1.50. The molecule has 0 bridgehead atoms. The average Bonchev–Trinajstić information content (AvgIpc) is 2.18. The van der Waals surface area contributed by atoms with Crippen molar-refractivity contribution in [2.45, 2.75) is 6.92 Å². The SMILES string of the molecule is C=Cc1ccccc1C(=C)OCC. The third-order valence-electron chi connectivity index (χ3n) is 1.80. The van der Waals surface area contributed by atoms with Gasteiger partial charge in [-0.15, -0.1) is 0 Å². The lowest BCUT2D eigenvalue weighted by Gasteiger charge is -2.09. The van der Waals surface area contributed by atoms with E-state index in [9.17, 15) is 0 Å². The average molecular weight is 174 g/mol. The van der Waals surface area contributed by atoms with Crippen molar-refractivity contribution in [2.24, 2.45) is 0 Å². The lowest BCUT2D eigenvalue weighted by Crippen LogP contribution is -1.92. The topological polar surface area (TPSA) is 9.23 Å². The summed E-state index contributed by atoms with van der Waals surface area (Å²) < 4.78 is 5.33. The molecule has 0 spiro atoms. The van der Waals surface area contributed by atoms with Gasteiger partial charge in [0.25, 0.3) is 0 Å². The minimum Gasteiger partial charge on any atom is -0.494 e. The highest BCUT2D eigenvalue weighted by atomic mass is 16.5. The fourth-order valence-electron chi connectivity index (χ4n) is 1.18. The first-order valence-electron chi connectivity index (χ1n) is 4.33. The van der Waals surface area contributed by atoms with Gasteiger partial charge in [-0.25, -0.2) is 0 Å². The molecule has 1 heteroatoms. The van der Waals surface area contributed by atoms with Gasteiger partial charge in [-0.2, -0.15) is 0 Å². The molecule has 0 aliphatic heterocycles. The molecule has 0 fully saturated rings. The largest absolute Gasteiger partial charge is 0.494 e. The molecule has 1 aromatic rings. The number of ether oxygens (including phenoxy) is 1. The summed E-state index contributed by atoms with van der Waals surface area (Å²) >= 11 is 0. The van der Waals surface area contributed by atoms with Gasteiger partial charge in [-0.05, 0) is 12.5 Å². The van der Waals surface area contributed by atoms with Crippen LogP contribution >= 0.6 is 0 Å². The predicted octanol–water partition coefficient (Wildman–Crippen LogP) is 3.34. The molecule has 0 amide bonds. The maximum Gasteiger partial charge on any atom is 0.119 e. The summed E-state index contributed by atoms with van der Waals surface area (Å²) in [5, 5.41) is 0. The van der Waals surface area contributed by atoms with Crippen molar-refractivity contribution in [3.63, 3.8) is 0 Å². The van der Waals surface area contributed by atoms with Gasteiger partial charge >= 0.3 is 0 Å². The van der Waals surface area contributed by atoms with E-state index in [1.165, 1.54) is 0 Å². The van der Waals surface area contributed by atoms with Crippen molar-refractivity contribution in [1.29, 1.82) is 0 Å². The van der Waals surface area contributed by atoms with Crippen molar-refractivity contribution < 1.29 is 4.74 Å². The van der Waals surface area contributed by atoms with E-state index < -0.39 is 0 Å². The molecule has 68 valence electrons. The summed E-state index contributed by atoms with van der Waals surface area (Å²) in [6, 6.07) is 7.91. The van der Waals surface area contributed by atoms with E-state index in [1.54, 1.807) is 6.08 Å². The Balaban J connectivity index is 2.98. The molecule has 0 unspecified atom stereocenters. The standard InChI is InChI=1S/C12H14O/c1-4-11-8-6-7-9-12(11)10(3)13-5-2/h4,6-9H,1,3,5H2,2H3. The Morgan fingerprint density at radius 2 is 2.15 bits per heavy atom. The van der Waals surface area contributed by atoms with Crippen LogP contribution in [0.3, 0.4) is 0 Å². The van der Waals surface area contributed by atoms with Crippen molar-refractivity contribution in [3.8, 4) is 0 Å². The Bertz CT molecular complexity index is 313.